The summed E-state index contributed by atoms with van der Waals surface area (Å²) in [6, 6.07) is 0.694. The third-order valence-electron chi connectivity index (χ3n) is 5.27. The minimum absolute atomic E-state index is 0.387. The molecule has 104 valence electrons. The van der Waals surface area contributed by atoms with Gasteiger partial charge in [0.2, 0.25) is 0 Å². The van der Waals surface area contributed by atoms with Crippen LogP contribution in [0, 0.1) is 11.8 Å². The lowest BCUT2D eigenvalue weighted by Crippen LogP contribution is -2.63. The van der Waals surface area contributed by atoms with E-state index in [1.807, 2.05) is 0 Å². The van der Waals surface area contributed by atoms with Gasteiger partial charge >= 0.3 is 0 Å². The SMILES string of the molecule is CC1CNC(C)(C2CC2)CN1CC1CCOCC1. The highest BCUT2D eigenvalue weighted by Gasteiger charge is 2.45. The quantitative estimate of drug-likeness (QED) is 0.830. The molecule has 3 rings (SSSR count). The molecule has 1 N–H and O–H groups in total. The van der Waals surface area contributed by atoms with Crippen LogP contribution in [-0.4, -0.2) is 49.3 Å². The van der Waals surface area contributed by atoms with Gasteiger partial charge in [0.25, 0.3) is 0 Å². The molecule has 1 aliphatic carbocycles. The van der Waals surface area contributed by atoms with Gasteiger partial charge in [-0.2, -0.15) is 0 Å². The van der Waals surface area contributed by atoms with Crippen LogP contribution in [0.1, 0.15) is 39.5 Å². The molecular weight excluding hydrogens is 224 g/mol. The third-order valence-corrected chi connectivity index (χ3v) is 5.27. The minimum atomic E-state index is 0.387. The second-order valence-corrected chi connectivity index (χ2v) is 6.91. The maximum absolute atomic E-state index is 5.47. The Bertz CT molecular complexity index is 286. The van der Waals surface area contributed by atoms with E-state index in [1.165, 1.54) is 38.8 Å². The molecule has 0 spiro atoms. The predicted molar refractivity (Wildman–Crippen MR) is 73.7 cm³/mol. The molecule has 0 bridgehead atoms. The minimum Gasteiger partial charge on any atom is -0.381 e. The molecule has 0 aromatic rings. The Morgan fingerprint density at radius 1 is 1.22 bits per heavy atom. The van der Waals surface area contributed by atoms with Crippen LogP contribution in [-0.2, 0) is 4.74 Å². The smallest absolute Gasteiger partial charge is 0.0469 e. The molecule has 3 aliphatic rings. The summed E-state index contributed by atoms with van der Waals surface area (Å²) in [4.78, 5) is 2.74. The lowest BCUT2D eigenvalue weighted by atomic mass is 9.89. The molecule has 0 aromatic carbocycles. The van der Waals surface area contributed by atoms with Gasteiger partial charge in [-0.15, -0.1) is 0 Å². The Kier molecular flexibility index (Phi) is 3.65. The van der Waals surface area contributed by atoms with E-state index in [9.17, 15) is 0 Å². The number of ether oxygens (including phenoxy) is 1. The molecule has 0 radical (unpaired) electrons. The Morgan fingerprint density at radius 3 is 2.61 bits per heavy atom. The highest BCUT2D eigenvalue weighted by molar-refractivity contribution is 5.03. The van der Waals surface area contributed by atoms with E-state index < -0.39 is 0 Å². The second kappa shape index (κ2) is 5.10. The van der Waals surface area contributed by atoms with Crippen molar-refractivity contribution in [3.63, 3.8) is 0 Å². The number of rotatable bonds is 3. The van der Waals surface area contributed by atoms with Gasteiger partial charge in [-0.1, -0.05) is 0 Å². The zero-order chi connectivity index (χ0) is 12.6. The summed E-state index contributed by atoms with van der Waals surface area (Å²) in [5.41, 5.74) is 0.387. The zero-order valence-electron chi connectivity index (χ0n) is 12.0. The molecular formula is C15H28N2O. The molecule has 18 heavy (non-hydrogen) atoms. The van der Waals surface area contributed by atoms with Crippen molar-refractivity contribution in [2.24, 2.45) is 11.8 Å². The van der Waals surface area contributed by atoms with Gasteiger partial charge < -0.3 is 10.1 Å². The van der Waals surface area contributed by atoms with E-state index in [-0.39, 0.29) is 0 Å². The summed E-state index contributed by atoms with van der Waals surface area (Å²) >= 11 is 0. The molecule has 0 aromatic heterocycles. The Morgan fingerprint density at radius 2 is 1.94 bits per heavy atom. The summed E-state index contributed by atoms with van der Waals surface area (Å²) in [6.45, 7) is 10.5. The van der Waals surface area contributed by atoms with Crippen LogP contribution in [0.15, 0.2) is 0 Å². The van der Waals surface area contributed by atoms with Gasteiger partial charge in [-0.25, -0.2) is 0 Å². The van der Waals surface area contributed by atoms with Crippen LogP contribution in [0.4, 0.5) is 0 Å². The molecule has 2 unspecified atom stereocenters. The van der Waals surface area contributed by atoms with Crippen LogP contribution >= 0.6 is 0 Å². The first-order valence-electron chi connectivity index (χ1n) is 7.74. The number of nitrogens with one attached hydrogen (secondary N) is 1. The van der Waals surface area contributed by atoms with Gasteiger partial charge in [0.05, 0.1) is 0 Å². The summed E-state index contributed by atoms with van der Waals surface area (Å²) in [6.07, 6.45) is 5.39. The first kappa shape index (κ1) is 12.9. The Balaban J connectivity index is 1.58. The van der Waals surface area contributed by atoms with Gasteiger partial charge in [0, 0.05) is 44.4 Å². The molecule has 0 amide bonds. The number of nitrogens with zero attached hydrogens (tertiary/aromatic N) is 1. The molecule has 1 saturated carbocycles. The van der Waals surface area contributed by atoms with Crippen molar-refractivity contribution in [2.45, 2.75) is 51.1 Å². The fourth-order valence-corrected chi connectivity index (χ4v) is 3.64. The van der Waals surface area contributed by atoms with E-state index >= 15 is 0 Å². The van der Waals surface area contributed by atoms with Crippen LogP contribution < -0.4 is 5.32 Å². The van der Waals surface area contributed by atoms with E-state index in [1.54, 1.807) is 0 Å². The highest BCUT2D eigenvalue weighted by Crippen LogP contribution is 2.41. The lowest BCUT2D eigenvalue weighted by Gasteiger charge is -2.47. The molecule has 3 nitrogen and oxygen atoms in total. The molecule has 3 heteroatoms. The first-order valence-corrected chi connectivity index (χ1v) is 7.74. The normalized spacial score (nSPS) is 40.0. The number of hydrogen-bond donors (Lipinski definition) is 1. The largest absolute Gasteiger partial charge is 0.381 e. The summed E-state index contributed by atoms with van der Waals surface area (Å²) in [7, 11) is 0. The summed E-state index contributed by atoms with van der Waals surface area (Å²) in [5.74, 6) is 1.80. The van der Waals surface area contributed by atoms with Crippen molar-refractivity contribution in [3.8, 4) is 0 Å². The van der Waals surface area contributed by atoms with Crippen LogP contribution in [0.3, 0.4) is 0 Å². The van der Waals surface area contributed by atoms with Crippen molar-refractivity contribution >= 4 is 0 Å². The van der Waals surface area contributed by atoms with Crippen molar-refractivity contribution in [1.29, 1.82) is 0 Å². The van der Waals surface area contributed by atoms with Crippen molar-refractivity contribution in [3.05, 3.63) is 0 Å². The topological polar surface area (TPSA) is 24.5 Å². The number of hydrogen-bond acceptors (Lipinski definition) is 3. The predicted octanol–water partition coefficient (Wildman–Crippen LogP) is 1.88. The first-order chi connectivity index (χ1) is 8.67. The average Bonchev–Trinajstić information content (AvgIpc) is 3.20. The highest BCUT2D eigenvalue weighted by atomic mass is 16.5. The maximum Gasteiger partial charge on any atom is 0.0469 e. The standard InChI is InChI=1S/C15H28N2O/c1-12-9-16-15(2,14-3-4-14)11-17(12)10-13-5-7-18-8-6-13/h12-14,16H,3-11H2,1-2H3. The van der Waals surface area contributed by atoms with Crippen LogP contribution in [0.2, 0.25) is 0 Å². The van der Waals surface area contributed by atoms with Gasteiger partial charge in [0.1, 0.15) is 0 Å². The fraction of sp³-hybridized carbons (Fsp3) is 1.00. The van der Waals surface area contributed by atoms with E-state index in [0.717, 1.165) is 31.6 Å². The van der Waals surface area contributed by atoms with Crippen LogP contribution in [0.25, 0.3) is 0 Å². The Labute approximate surface area is 111 Å². The molecule has 3 fully saturated rings. The second-order valence-electron chi connectivity index (χ2n) is 6.91. The molecule has 2 heterocycles. The maximum atomic E-state index is 5.47. The van der Waals surface area contributed by atoms with Crippen molar-refractivity contribution < 1.29 is 4.74 Å². The van der Waals surface area contributed by atoms with Gasteiger partial charge in [-0.05, 0) is 51.4 Å². The fourth-order valence-electron chi connectivity index (χ4n) is 3.64. The van der Waals surface area contributed by atoms with E-state index in [2.05, 4.69) is 24.1 Å². The molecule has 2 saturated heterocycles. The summed E-state index contributed by atoms with van der Waals surface area (Å²) in [5, 5.41) is 3.81. The van der Waals surface area contributed by atoms with Crippen molar-refractivity contribution in [1.82, 2.24) is 10.2 Å². The van der Waals surface area contributed by atoms with Crippen molar-refractivity contribution in [2.75, 3.05) is 32.8 Å². The van der Waals surface area contributed by atoms with Gasteiger partial charge in [-0.3, -0.25) is 4.90 Å². The zero-order valence-corrected chi connectivity index (χ0v) is 12.0. The summed E-state index contributed by atoms with van der Waals surface area (Å²) < 4.78 is 5.47. The van der Waals surface area contributed by atoms with Crippen LogP contribution in [0.5, 0.6) is 0 Å². The molecule has 2 aliphatic heterocycles. The van der Waals surface area contributed by atoms with Gasteiger partial charge in [0.15, 0.2) is 0 Å². The number of piperazine rings is 1. The molecule has 2 atom stereocenters. The third kappa shape index (κ3) is 2.73. The average molecular weight is 252 g/mol. The van der Waals surface area contributed by atoms with E-state index in [0.29, 0.717) is 11.6 Å². The Hall–Kier alpha value is -0.120. The lowest BCUT2D eigenvalue weighted by molar-refractivity contribution is 0.0243. The monoisotopic (exact) mass is 252 g/mol. The van der Waals surface area contributed by atoms with E-state index in [4.69, 9.17) is 4.74 Å².